The Morgan fingerprint density at radius 1 is 1.39 bits per heavy atom. The molecular weight excluding hydrogens is 314 g/mol. The average molecular weight is 335 g/mol. The molecule has 1 atom stereocenters. The molecule has 0 aliphatic carbocycles. The zero-order chi connectivity index (χ0) is 13.8. The van der Waals surface area contributed by atoms with Gasteiger partial charge in [0, 0.05) is 22.6 Å². The molecule has 0 saturated heterocycles. The highest BCUT2D eigenvalue weighted by molar-refractivity contribution is 9.10. The van der Waals surface area contributed by atoms with Crippen molar-refractivity contribution < 1.29 is 4.74 Å². The van der Waals surface area contributed by atoms with Gasteiger partial charge in [-0.05, 0) is 37.0 Å². The number of methoxy groups -OCH3 is 1. The molecule has 0 aliphatic heterocycles. The number of rotatable bonds is 6. The van der Waals surface area contributed by atoms with Crippen molar-refractivity contribution in [1.82, 2.24) is 0 Å². The zero-order valence-electron chi connectivity index (χ0n) is 11.2. The molecule has 0 aromatic heterocycles. The van der Waals surface area contributed by atoms with Gasteiger partial charge in [-0.3, -0.25) is 0 Å². The van der Waals surface area contributed by atoms with Crippen LogP contribution in [0.15, 0.2) is 22.7 Å². The van der Waals surface area contributed by atoms with Crippen molar-refractivity contribution in [3.63, 3.8) is 0 Å². The van der Waals surface area contributed by atoms with Gasteiger partial charge in [0.25, 0.3) is 0 Å². The first kappa shape index (κ1) is 16.0. The van der Waals surface area contributed by atoms with Crippen LogP contribution in [-0.4, -0.2) is 18.8 Å². The van der Waals surface area contributed by atoms with Gasteiger partial charge >= 0.3 is 0 Å². The summed E-state index contributed by atoms with van der Waals surface area (Å²) >= 11 is 9.63. The average Bonchev–Trinajstić information content (AvgIpc) is 2.36. The van der Waals surface area contributed by atoms with Crippen LogP contribution in [-0.2, 0) is 11.2 Å². The Labute approximate surface area is 123 Å². The standard InChI is InChI=1S/C14H21BrClNO/c1-4-14(5-2,18-3)13(17)8-10-6-7-11(15)9-12(10)16/h6-7,9,13H,4-5,8,17H2,1-3H3. The SMILES string of the molecule is CCC(CC)(OC)C(N)Cc1ccc(Br)cc1Cl. The Morgan fingerprint density at radius 2 is 2.00 bits per heavy atom. The van der Waals surface area contributed by atoms with Gasteiger partial charge in [-0.2, -0.15) is 0 Å². The highest BCUT2D eigenvalue weighted by Crippen LogP contribution is 2.28. The lowest BCUT2D eigenvalue weighted by molar-refractivity contribution is -0.0374. The van der Waals surface area contributed by atoms with E-state index in [-0.39, 0.29) is 11.6 Å². The molecule has 0 radical (unpaired) electrons. The highest BCUT2D eigenvalue weighted by atomic mass is 79.9. The van der Waals surface area contributed by atoms with Gasteiger partial charge in [0.15, 0.2) is 0 Å². The van der Waals surface area contributed by atoms with Crippen LogP contribution in [0.5, 0.6) is 0 Å². The first-order valence-electron chi connectivity index (χ1n) is 6.23. The zero-order valence-corrected chi connectivity index (χ0v) is 13.5. The fraction of sp³-hybridized carbons (Fsp3) is 0.571. The molecule has 0 bridgehead atoms. The molecule has 2 N–H and O–H groups in total. The molecule has 1 unspecified atom stereocenters. The summed E-state index contributed by atoms with van der Waals surface area (Å²) in [7, 11) is 1.73. The van der Waals surface area contributed by atoms with E-state index in [0.717, 1.165) is 34.3 Å². The van der Waals surface area contributed by atoms with Crippen LogP contribution in [0.3, 0.4) is 0 Å². The van der Waals surface area contributed by atoms with Gasteiger partial charge in [0.1, 0.15) is 0 Å². The highest BCUT2D eigenvalue weighted by Gasteiger charge is 2.33. The lowest BCUT2D eigenvalue weighted by atomic mass is 9.85. The molecule has 0 saturated carbocycles. The predicted octanol–water partition coefficient (Wildman–Crippen LogP) is 4.18. The molecule has 0 spiro atoms. The van der Waals surface area contributed by atoms with Crippen molar-refractivity contribution in [1.29, 1.82) is 0 Å². The predicted molar refractivity (Wildman–Crippen MR) is 81.2 cm³/mol. The van der Waals surface area contributed by atoms with Gasteiger partial charge in [0.2, 0.25) is 0 Å². The monoisotopic (exact) mass is 333 g/mol. The van der Waals surface area contributed by atoms with E-state index in [1.54, 1.807) is 7.11 Å². The number of ether oxygens (including phenoxy) is 1. The molecule has 2 nitrogen and oxygen atoms in total. The Balaban J connectivity index is 2.89. The van der Waals surface area contributed by atoms with E-state index in [1.807, 2.05) is 18.2 Å². The fourth-order valence-electron chi connectivity index (χ4n) is 2.32. The lowest BCUT2D eigenvalue weighted by Gasteiger charge is -2.36. The van der Waals surface area contributed by atoms with Gasteiger partial charge in [0.05, 0.1) is 5.60 Å². The number of hydrogen-bond donors (Lipinski definition) is 1. The molecule has 0 amide bonds. The second-order valence-corrected chi connectivity index (χ2v) is 5.85. The minimum Gasteiger partial charge on any atom is -0.377 e. The summed E-state index contributed by atoms with van der Waals surface area (Å²) in [6, 6.07) is 5.84. The van der Waals surface area contributed by atoms with Crippen molar-refractivity contribution >= 4 is 27.5 Å². The van der Waals surface area contributed by atoms with Gasteiger partial charge in [-0.15, -0.1) is 0 Å². The molecule has 0 fully saturated rings. The Hall–Kier alpha value is -0.0900. The normalized spacial score (nSPS) is 13.7. The van der Waals surface area contributed by atoms with E-state index in [0.29, 0.717) is 0 Å². The van der Waals surface area contributed by atoms with Crippen molar-refractivity contribution in [2.45, 2.75) is 44.8 Å². The van der Waals surface area contributed by atoms with Crippen LogP contribution in [0.2, 0.25) is 5.02 Å². The molecule has 0 heterocycles. The van der Waals surface area contributed by atoms with Crippen LogP contribution < -0.4 is 5.73 Å². The second kappa shape index (κ2) is 6.90. The van der Waals surface area contributed by atoms with Gasteiger partial charge < -0.3 is 10.5 Å². The summed E-state index contributed by atoms with van der Waals surface area (Å²) in [6.45, 7) is 4.21. The third kappa shape index (κ3) is 3.47. The Bertz CT molecular complexity index is 385. The largest absolute Gasteiger partial charge is 0.377 e. The van der Waals surface area contributed by atoms with Gasteiger partial charge in [-0.1, -0.05) is 47.4 Å². The summed E-state index contributed by atoms with van der Waals surface area (Å²) in [5, 5.41) is 0.747. The van der Waals surface area contributed by atoms with Gasteiger partial charge in [-0.25, -0.2) is 0 Å². The van der Waals surface area contributed by atoms with E-state index in [2.05, 4.69) is 29.8 Å². The van der Waals surface area contributed by atoms with E-state index in [9.17, 15) is 0 Å². The quantitative estimate of drug-likeness (QED) is 0.847. The molecule has 1 aromatic carbocycles. The van der Waals surface area contributed by atoms with Crippen molar-refractivity contribution in [3.8, 4) is 0 Å². The number of benzene rings is 1. The van der Waals surface area contributed by atoms with Crippen LogP contribution in [0.4, 0.5) is 0 Å². The summed E-state index contributed by atoms with van der Waals surface area (Å²) in [5.74, 6) is 0. The number of hydrogen-bond acceptors (Lipinski definition) is 2. The molecule has 1 aromatic rings. The first-order chi connectivity index (χ1) is 8.49. The smallest absolute Gasteiger partial charge is 0.0826 e. The van der Waals surface area contributed by atoms with Crippen molar-refractivity contribution in [2.24, 2.45) is 5.73 Å². The Morgan fingerprint density at radius 3 is 2.44 bits per heavy atom. The second-order valence-electron chi connectivity index (χ2n) is 4.52. The minimum absolute atomic E-state index is 0.0591. The molecular formula is C14H21BrClNO. The minimum atomic E-state index is -0.267. The van der Waals surface area contributed by atoms with Crippen LogP contribution >= 0.6 is 27.5 Å². The molecule has 4 heteroatoms. The van der Waals surface area contributed by atoms with E-state index >= 15 is 0 Å². The summed E-state index contributed by atoms with van der Waals surface area (Å²) in [4.78, 5) is 0. The molecule has 18 heavy (non-hydrogen) atoms. The van der Waals surface area contributed by atoms with E-state index in [4.69, 9.17) is 22.1 Å². The number of nitrogens with two attached hydrogens (primary N) is 1. The first-order valence-corrected chi connectivity index (χ1v) is 7.40. The molecule has 102 valence electrons. The maximum absolute atomic E-state index is 6.33. The maximum Gasteiger partial charge on any atom is 0.0826 e. The fourth-order valence-corrected chi connectivity index (χ4v) is 3.08. The summed E-state index contributed by atoms with van der Waals surface area (Å²) in [6.07, 6.45) is 2.52. The maximum atomic E-state index is 6.33. The Kier molecular flexibility index (Phi) is 6.12. The third-order valence-electron chi connectivity index (χ3n) is 3.73. The van der Waals surface area contributed by atoms with E-state index < -0.39 is 0 Å². The molecule has 0 aliphatic rings. The van der Waals surface area contributed by atoms with Crippen LogP contribution in [0.1, 0.15) is 32.3 Å². The van der Waals surface area contributed by atoms with E-state index in [1.165, 1.54) is 0 Å². The third-order valence-corrected chi connectivity index (χ3v) is 4.58. The summed E-state index contributed by atoms with van der Waals surface area (Å²) in [5.41, 5.74) is 7.13. The topological polar surface area (TPSA) is 35.2 Å². The summed E-state index contributed by atoms with van der Waals surface area (Å²) < 4.78 is 6.64. The van der Waals surface area contributed by atoms with Crippen molar-refractivity contribution in [3.05, 3.63) is 33.3 Å². The van der Waals surface area contributed by atoms with Crippen LogP contribution in [0, 0.1) is 0 Å². The van der Waals surface area contributed by atoms with Crippen LogP contribution in [0.25, 0.3) is 0 Å². The number of halogens is 2. The molecule has 1 rings (SSSR count). The van der Waals surface area contributed by atoms with Crippen molar-refractivity contribution in [2.75, 3.05) is 7.11 Å². The lowest BCUT2D eigenvalue weighted by Crippen LogP contribution is -2.50.